The number of hydrogen-bond donors (Lipinski definition) is 4. The van der Waals surface area contributed by atoms with Gasteiger partial charge in [-0.1, -0.05) is 18.2 Å². The molecule has 13 nitrogen and oxygen atoms in total. The van der Waals surface area contributed by atoms with Gasteiger partial charge in [0.15, 0.2) is 0 Å². The predicted octanol–water partition coefficient (Wildman–Crippen LogP) is 4.81. The monoisotopic (exact) mass is 680 g/mol. The van der Waals surface area contributed by atoms with Crippen LogP contribution in [0, 0.1) is 0 Å². The van der Waals surface area contributed by atoms with Crippen LogP contribution < -0.4 is 14.8 Å². The molecule has 0 saturated carbocycles. The molecule has 0 bridgehead atoms. The Kier molecular flexibility index (Phi) is 14.8. The Morgan fingerprint density at radius 3 is 2.17 bits per heavy atom. The minimum Gasteiger partial charge on any atom is -0.497 e. The molecule has 0 atom stereocenters. The minimum atomic E-state index is -5.08. The molecule has 1 aliphatic heterocycles. The molecule has 1 amide bonds. The quantitative estimate of drug-likeness (QED) is 0.229. The van der Waals surface area contributed by atoms with Gasteiger partial charge in [-0.05, 0) is 35.4 Å². The fraction of sp³-hybridized carbons (Fsp3) is 0.357. The number of halogens is 6. The van der Waals surface area contributed by atoms with Crippen LogP contribution in [0.3, 0.4) is 0 Å². The van der Waals surface area contributed by atoms with Gasteiger partial charge in [0.1, 0.15) is 24.7 Å². The van der Waals surface area contributed by atoms with Crippen LogP contribution in [0.4, 0.5) is 36.8 Å². The number of carbonyl (C=O) groups is 3. The molecule has 1 aromatic heterocycles. The fourth-order valence-electron chi connectivity index (χ4n) is 3.50. The molecule has 0 radical (unpaired) electrons. The van der Waals surface area contributed by atoms with Gasteiger partial charge in [0, 0.05) is 31.4 Å². The number of rotatable bonds is 9. The van der Waals surface area contributed by atoms with Crippen LogP contribution in [0.5, 0.6) is 11.5 Å². The third kappa shape index (κ3) is 14.3. The maximum atomic E-state index is 12.5. The summed E-state index contributed by atoms with van der Waals surface area (Å²) in [6.45, 7) is 4.65. The number of H-pyrrole nitrogens is 1. The van der Waals surface area contributed by atoms with Gasteiger partial charge in [0.2, 0.25) is 0 Å². The zero-order valence-electron chi connectivity index (χ0n) is 24.6. The third-order valence-corrected chi connectivity index (χ3v) is 5.81. The van der Waals surface area contributed by atoms with E-state index < -0.39 is 30.4 Å². The van der Waals surface area contributed by atoms with E-state index in [1.165, 1.54) is 0 Å². The molecule has 2 aromatic carbocycles. The van der Waals surface area contributed by atoms with Gasteiger partial charge in [0.05, 0.1) is 32.2 Å². The van der Waals surface area contributed by atoms with Crippen molar-refractivity contribution < 1.29 is 69.9 Å². The molecule has 1 saturated heterocycles. The summed E-state index contributed by atoms with van der Waals surface area (Å²) in [4.78, 5) is 32.6. The SMILES string of the molecule is COc1cccc(COC(=O)Nc2ccc(-c3cn[nH]c3)cc2OCCN2CCOCC2)c1.O=C(O)C(F)(F)F.O=C(O)C(F)(F)F. The molecule has 0 spiro atoms. The van der Waals surface area contributed by atoms with Crippen LogP contribution in [-0.2, 0) is 25.7 Å². The Morgan fingerprint density at radius 1 is 0.979 bits per heavy atom. The molecule has 2 heterocycles. The number of hydrogen-bond acceptors (Lipinski definition) is 9. The van der Waals surface area contributed by atoms with Crippen LogP contribution in [0.2, 0.25) is 0 Å². The van der Waals surface area contributed by atoms with E-state index in [1.807, 2.05) is 42.6 Å². The first kappa shape index (κ1) is 38.1. The van der Waals surface area contributed by atoms with Crippen LogP contribution in [0.25, 0.3) is 11.1 Å². The maximum Gasteiger partial charge on any atom is 0.490 e. The zero-order chi connectivity index (χ0) is 35.0. The molecule has 19 heteroatoms. The lowest BCUT2D eigenvalue weighted by atomic mass is 10.1. The molecule has 1 fully saturated rings. The van der Waals surface area contributed by atoms with Gasteiger partial charge >= 0.3 is 30.4 Å². The Labute approximate surface area is 263 Å². The lowest BCUT2D eigenvalue weighted by molar-refractivity contribution is -0.193. The van der Waals surface area contributed by atoms with E-state index >= 15 is 0 Å². The number of ether oxygens (including phenoxy) is 4. The normalized spacial score (nSPS) is 13.2. The number of benzene rings is 2. The molecule has 1 aliphatic rings. The lowest BCUT2D eigenvalue weighted by Crippen LogP contribution is -2.38. The smallest absolute Gasteiger partial charge is 0.490 e. The molecule has 258 valence electrons. The molecular formula is C28H30F6N4O9. The number of carbonyl (C=O) groups excluding carboxylic acids is 1. The first-order valence-corrected chi connectivity index (χ1v) is 13.3. The highest BCUT2D eigenvalue weighted by atomic mass is 19.4. The van der Waals surface area contributed by atoms with E-state index in [9.17, 15) is 31.1 Å². The van der Waals surface area contributed by atoms with Gasteiger partial charge in [-0.25, -0.2) is 14.4 Å². The van der Waals surface area contributed by atoms with Gasteiger partial charge in [-0.15, -0.1) is 0 Å². The predicted molar refractivity (Wildman–Crippen MR) is 151 cm³/mol. The van der Waals surface area contributed by atoms with E-state index in [1.54, 1.807) is 19.4 Å². The van der Waals surface area contributed by atoms with Crippen molar-refractivity contribution in [3.05, 3.63) is 60.4 Å². The van der Waals surface area contributed by atoms with Crippen LogP contribution in [-0.4, -0.2) is 102 Å². The summed E-state index contributed by atoms with van der Waals surface area (Å²) < 4.78 is 85.5. The first-order chi connectivity index (χ1) is 22.1. The standard InChI is InChI=1S/C24H28N4O5.2C2HF3O2/c1-30-21-4-2-3-18(13-21)17-33-24(29)27-22-6-5-19(20-15-25-26-16-20)14-23(22)32-12-9-28-7-10-31-11-8-28;2*3-2(4,5)1(6)7/h2-6,13-16H,7-12,17H2,1H3,(H,25,26)(H,27,29);2*(H,6,7). The number of aromatic nitrogens is 2. The summed E-state index contributed by atoms with van der Waals surface area (Å²) in [5.74, 6) is -4.23. The maximum absolute atomic E-state index is 12.5. The van der Waals surface area contributed by atoms with Gasteiger partial charge in [0.25, 0.3) is 0 Å². The number of morpholine rings is 1. The number of methoxy groups -OCH3 is 1. The fourth-order valence-corrected chi connectivity index (χ4v) is 3.50. The van der Waals surface area contributed by atoms with Crippen molar-refractivity contribution in [1.29, 1.82) is 0 Å². The minimum absolute atomic E-state index is 0.128. The molecular weight excluding hydrogens is 650 g/mol. The summed E-state index contributed by atoms with van der Waals surface area (Å²) in [6.07, 6.45) is -7.18. The number of nitrogens with zero attached hydrogens (tertiary/aromatic N) is 2. The molecule has 4 rings (SSSR count). The Morgan fingerprint density at radius 2 is 1.62 bits per heavy atom. The van der Waals surface area contributed by atoms with Crippen LogP contribution in [0.15, 0.2) is 54.9 Å². The highest BCUT2D eigenvalue weighted by Crippen LogP contribution is 2.31. The molecule has 4 N–H and O–H groups in total. The van der Waals surface area contributed by atoms with Crippen LogP contribution >= 0.6 is 0 Å². The highest BCUT2D eigenvalue weighted by molar-refractivity contribution is 5.87. The second-order valence-corrected chi connectivity index (χ2v) is 9.16. The van der Waals surface area contributed by atoms with E-state index in [0.717, 1.165) is 49.5 Å². The Hall–Kier alpha value is -5.04. The number of carboxylic acid groups (broad SMARTS) is 2. The van der Waals surface area contributed by atoms with Gasteiger partial charge in [-0.3, -0.25) is 15.3 Å². The number of aromatic amines is 1. The highest BCUT2D eigenvalue weighted by Gasteiger charge is 2.38. The van der Waals surface area contributed by atoms with Gasteiger partial charge < -0.3 is 29.2 Å². The number of nitrogens with one attached hydrogen (secondary N) is 2. The topological polar surface area (TPSA) is 173 Å². The molecule has 47 heavy (non-hydrogen) atoms. The summed E-state index contributed by atoms with van der Waals surface area (Å²) in [5.41, 5.74) is 3.24. The van der Waals surface area contributed by atoms with E-state index in [-0.39, 0.29) is 6.61 Å². The van der Waals surface area contributed by atoms with Crippen molar-refractivity contribution in [3.63, 3.8) is 0 Å². The second kappa shape index (κ2) is 18.2. The number of aliphatic carboxylic acids is 2. The summed E-state index contributed by atoms with van der Waals surface area (Å²) in [6, 6.07) is 13.0. The lowest BCUT2D eigenvalue weighted by Gasteiger charge is -2.26. The zero-order valence-corrected chi connectivity index (χ0v) is 24.6. The van der Waals surface area contributed by atoms with Crippen molar-refractivity contribution >= 4 is 23.7 Å². The van der Waals surface area contributed by atoms with Crippen LogP contribution in [0.1, 0.15) is 5.56 Å². The summed E-state index contributed by atoms with van der Waals surface area (Å²) in [7, 11) is 1.60. The average molecular weight is 681 g/mol. The Balaban J connectivity index is 0.000000459. The van der Waals surface area contributed by atoms with E-state index in [0.29, 0.717) is 23.8 Å². The largest absolute Gasteiger partial charge is 0.497 e. The van der Waals surface area contributed by atoms with Crippen molar-refractivity contribution in [2.45, 2.75) is 19.0 Å². The number of anilines is 1. The van der Waals surface area contributed by atoms with Crippen molar-refractivity contribution in [1.82, 2.24) is 15.1 Å². The molecule has 0 unspecified atom stereocenters. The summed E-state index contributed by atoms with van der Waals surface area (Å²) >= 11 is 0. The average Bonchev–Trinajstić information content (AvgIpc) is 3.56. The van der Waals surface area contributed by atoms with E-state index in [2.05, 4.69) is 20.4 Å². The number of amides is 1. The summed E-state index contributed by atoms with van der Waals surface area (Å²) in [5, 5.41) is 23.9. The Bertz CT molecular complexity index is 1410. The number of carboxylic acids is 2. The van der Waals surface area contributed by atoms with Gasteiger partial charge in [-0.2, -0.15) is 31.4 Å². The van der Waals surface area contributed by atoms with E-state index in [4.69, 9.17) is 38.7 Å². The first-order valence-electron chi connectivity index (χ1n) is 13.3. The molecule has 3 aromatic rings. The second-order valence-electron chi connectivity index (χ2n) is 9.16. The van der Waals surface area contributed by atoms with Crippen molar-refractivity contribution in [2.75, 3.05) is 51.9 Å². The van der Waals surface area contributed by atoms with Crippen molar-refractivity contribution in [3.8, 4) is 22.6 Å². The molecule has 0 aliphatic carbocycles. The number of alkyl halides is 6. The van der Waals surface area contributed by atoms with Crippen molar-refractivity contribution in [2.24, 2.45) is 0 Å². The third-order valence-electron chi connectivity index (χ3n) is 5.81.